The maximum absolute atomic E-state index is 11.9. The highest BCUT2D eigenvalue weighted by Crippen LogP contribution is 2.23. The number of hydrogen-bond donors (Lipinski definition) is 0. The van der Waals surface area contributed by atoms with E-state index in [2.05, 4.69) is 5.10 Å². The second-order valence-electron chi connectivity index (χ2n) is 4.46. The molecule has 0 bridgehead atoms. The maximum atomic E-state index is 11.9. The molecule has 5 heteroatoms. The summed E-state index contributed by atoms with van der Waals surface area (Å²) in [6.45, 7) is 1.55. The largest absolute Gasteiger partial charge is 0.381 e. The Labute approximate surface area is 98.6 Å². The van der Waals surface area contributed by atoms with Gasteiger partial charge in [0.2, 0.25) is 0 Å². The minimum Gasteiger partial charge on any atom is -0.381 e. The van der Waals surface area contributed by atoms with Gasteiger partial charge in [-0.3, -0.25) is 9.48 Å². The second-order valence-corrected chi connectivity index (χ2v) is 4.46. The first-order valence-electron chi connectivity index (χ1n) is 5.88. The predicted octanol–water partition coefficient (Wildman–Crippen LogP) is 1.09. The third-order valence-electron chi connectivity index (χ3n) is 3.38. The average molecular weight is 233 g/mol. The first kappa shape index (κ1) is 10.5. The summed E-state index contributed by atoms with van der Waals surface area (Å²) in [4.78, 5) is 11.9. The van der Waals surface area contributed by atoms with Gasteiger partial charge < -0.3 is 9.30 Å². The van der Waals surface area contributed by atoms with Crippen LogP contribution in [0.25, 0.3) is 10.9 Å². The van der Waals surface area contributed by atoms with Crippen molar-refractivity contribution in [3.63, 3.8) is 0 Å². The quantitative estimate of drug-likeness (QED) is 0.740. The van der Waals surface area contributed by atoms with Crippen molar-refractivity contribution in [3.8, 4) is 0 Å². The number of aromatic nitrogens is 3. The van der Waals surface area contributed by atoms with Crippen molar-refractivity contribution in [3.05, 3.63) is 28.8 Å². The molecule has 0 aromatic carbocycles. The van der Waals surface area contributed by atoms with Crippen molar-refractivity contribution in [1.29, 1.82) is 0 Å². The summed E-state index contributed by atoms with van der Waals surface area (Å²) in [5.41, 5.74) is 0.945. The van der Waals surface area contributed by atoms with Crippen LogP contribution < -0.4 is 5.56 Å². The van der Waals surface area contributed by atoms with Gasteiger partial charge >= 0.3 is 0 Å². The topological polar surface area (TPSA) is 49.0 Å². The molecule has 0 radical (unpaired) electrons. The molecule has 0 atom stereocenters. The molecule has 2 aromatic heterocycles. The molecule has 5 nitrogen and oxygen atoms in total. The van der Waals surface area contributed by atoms with E-state index >= 15 is 0 Å². The van der Waals surface area contributed by atoms with Crippen molar-refractivity contribution in [2.45, 2.75) is 18.9 Å². The zero-order valence-electron chi connectivity index (χ0n) is 9.80. The van der Waals surface area contributed by atoms with Gasteiger partial charge in [-0.05, 0) is 18.9 Å². The van der Waals surface area contributed by atoms with Crippen LogP contribution in [0.1, 0.15) is 18.9 Å². The van der Waals surface area contributed by atoms with E-state index in [4.69, 9.17) is 4.74 Å². The Morgan fingerprint density at radius 2 is 2.18 bits per heavy atom. The molecule has 0 N–H and O–H groups in total. The minimum absolute atomic E-state index is 0.0146. The number of nitrogens with zero attached hydrogens (tertiary/aromatic N) is 3. The van der Waals surface area contributed by atoms with E-state index < -0.39 is 0 Å². The van der Waals surface area contributed by atoms with Gasteiger partial charge in [-0.15, -0.1) is 0 Å². The van der Waals surface area contributed by atoms with Crippen LogP contribution in [-0.4, -0.2) is 27.6 Å². The van der Waals surface area contributed by atoms with E-state index in [1.54, 1.807) is 24.0 Å². The number of ether oxygens (including phenoxy) is 1. The predicted molar refractivity (Wildman–Crippen MR) is 64.1 cm³/mol. The van der Waals surface area contributed by atoms with Gasteiger partial charge in [0.25, 0.3) is 5.56 Å². The number of hydrogen-bond acceptors (Lipinski definition) is 3. The Hall–Kier alpha value is -1.62. The second kappa shape index (κ2) is 4.00. The molecule has 0 amide bonds. The Kier molecular flexibility index (Phi) is 2.48. The van der Waals surface area contributed by atoms with Gasteiger partial charge in [0, 0.05) is 26.5 Å². The third-order valence-corrected chi connectivity index (χ3v) is 3.38. The number of fused-ring (bicyclic) bond motifs is 1. The molecule has 0 spiro atoms. The van der Waals surface area contributed by atoms with Crippen molar-refractivity contribution >= 4 is 10.9 Å². The standard InChI is InChI=1S/C12H15N3O2/c1-14-5-2-11-10(12(14)16)8-13-15(11)9-3-6-17-7-4-9/h2,5,8-9H,3-4,6-7H2,1H3. The van der Waals surface area contributed by atoms with Crippen LogP contribution in [0.2, 0.25) is 0 Å². The molecule has 0 aliphatic carbocycles. The van der Waals surface area contributed by atoms with Gasteiger partial charge in [-0.25, -0.2) is 0 Å². The van der Waals surface area contributed by atoms with E-state index in [0.29, 0.717) is 11.4 Å². The number of aryl methyl sites for hydroxylation is 1. The van der Waals surface area contributed by atoms with Crippen LogP contribution >= 0.6 is 0 Å². The van der Waals surface area contributed by atoms with Crippen molar-refractivity contribution in [2.24, 2.45) is 7.05 Å². The number of rotatable bonds is 1. The Balaban J connectivity index is 2.12. The summed E-state index contributed by atoms with van der Waals surface area (Å²) in [6.07, 6.45) is 5.40. The minimum atomic E-state index is 0.0146. The first-order valence-corrected chi connectivity index (χ1v) is 5.88. The van der Waals surface area contributed by atoms with E-state index in [1.807, 2.05) is 10.7 Å². The van der Waals surface area contributed by atoms with Crippen LogP contribution in [0.3, 0.4) is 0 Å². The molecular weight excluding hydrogens is 218 g/mol. The Bertz CT molecular complexity index is 593. The molecule has 0 saturated carbocycles. The fourth-order valence-corrected chi connectivity index (χ4v) is 2.36. The first-order chi connectivity index (χ1) is 8.27. The third kappa shape index (κ3) is 1.67. The SMILES string of the molecule is Cn1ccc2c(cnn2C2CCOCC2)c1=O. The molecule has 0 unspecified atom stereocenters. The molecule has 1 aliphatic heterocycles. The summed E-state index contributed by atoms with van der Waals surface area (Å²) < 4.78 is 8.90. The van der Waals surface area contributed by atoms with Gasteiger partial charge in [-0.1, -0.05) is 0 Å². The van der Waals surface area contributed by atoms with Crippen LogP contribution in [0.15, 0.2) is 23.3 Å². The average Bonchev–Trinajstić information content (AvgIpc) is 2.79. The highest BCUT2D eigenvalue weighted by molar-refractivity contribution is 5.77. The lowest BCUT2D eigenvalue weighted by Crippen LogP contribution is -2.21. The molecule has 3 rings (SSSR count). The van der Waals surface area contributed by atoms with Gasteiger partial charge in [0.05, 0.1) is 23.1 Å². The molecule has 3 heterocycles. The summed E-state index contributed by atoms with van der Waals surface area (Å²) in [6, 6.07) is 2.31. The summed E-state index contributed by atoms with van der Waals surface area (Å²) >= 11 is 0. The molecule has 90 valence electrons. The van der Waals surface area contributed by atoms with Crippen molar-refractivity contribution in [2.75, 3.05) is 13.2 Å². The molecule has 1 aliphatic rings. The van der Waals surface area contributed by atoms with Crippen molar-refractivity contribution in [1.82, 2.24) is 14.3 Å². The molecular formula is C12H15N3O2. The van der Waals surface area contributed by atoms with E-state index in [1.165, 1.54) is 0 Å². The maximum Gasteiger partial charge on any atom is 0.261 e. The molecule has 1 fully saturated rings. The molecule has 1 saturated heterocycles. The van der Waals surface area contributed by atoms with E-state index in [9.17, 15) is 4.79 Å². The highest BCUT2D eigenvalue weighted by Gasteiger charge is 2.19. The zero-order valence-corrected chi connectivity index (χ0v) is 9.80. The van der Waals surface area contributed by atoms with Gasteiger partial charge in [0.1, 0.15) is 0 Å². The van der Waals surface area contributed by atoms with Crippen LogP contribution in [0, 0.1) is 0 Å². The monoisotopic (exact) mass is 233 g/mol. The van der Waals surface area contributed by atoms with Crippen LogP contribution in [0.4, 0.5) is 0 Å². The van der Waals surface area contributed by atoms with Crippen LogP contribution in [0.5, 0.6) is 0 Å². The van der Waals surface area contributed by atoms with Crippen LogP contribution in [-0.2, 0) is 11.8 Å². The Morgan fingerprint density at radius 3 is 2.94 bits per heavy atom. The van der Waals surface area contributed by atoms with Crippen molar-refractivity contribution < 1.29 is 4.74 Å². The molecule has 2 aromatic rings. The fraction of sp³-hybridized carbons (Fsp3) is 0.500. The normalized spacial score (nSPS) is 17.7. The lowest BCUT2D eigenvalue weighted by molar-refractivity contribution is 0.0675. The summed E-state index contributed by atoms with van der Waals surface area (Å²) in [5.74, 6) is 0. The van der Waals surface area contributed by atoms with Gasteiger partial charge in [0.15, 0.2) is 0 Å². The zero-order chi connectivity index (χ0) is 11.8. The smallest absolute Gasteiger partial charge is 0.261 e. The summed E-state index contributed by atoms with van der Waals surface area (Å²) in [7, 11) is 1.76. The lowest BCUT2D eigenvalue weighted by atomic mass is 10.1. The van der Waals surface area contributed by atoms with Gasteiger partial charge in [-0.2, -0.15) is 5.10 Å². The summed E-state index contributed by atoms with van der Waals surface area (Å²) in [5, 5.41) is 5.06. The van der Waals surface area contributed by atoms with E-state index in [0.717, 1.165) is 31.6 Å². The highest BCUT2D eigenvalue weighted by atomic mass is 16.5. The molecule has 17 heavy (non-hydrogen) atoms. The lowest BCUT2D eigenvalue weighted by Gasteiger charge is -2.23. The van der Waals surface area contributed by atoms with E-state index in [-0.39, 0.29) is 5.56 Å². The number of pyridine rings is 1. The fourth-order valence-electron chi connectivity index (χ4n) is 2.36. The Morgan fingerprint density at radius 1 is 1.41 bits per heavy atom.